The molecule has 162 valence electrons. The second kappa shape index (κ2) is 12.4. The minimum atomic E-state index is -0.00832. The smallest absolute Gasteiger partial charge is 0.250 e. The third-order valence-electron chi connectivity index (χ3n) is 4.90. The van der Waals surface area contributed by atoms with E-state index >= 15 is 0 Å². The number of nitrogens with zero attached hydrogens (tertiary/aromatic N) is 3. The third kappa shape index (κ3) is 7.16. The van der Waals surface area contributed by atoms with E-state index in [9.17, 15) is 9.59 Å². The van der Waals surface area contributed by atoms with Crippen LogP contribution in [0.2, 0.25) is 0 Å². The number of hydrogen-bond donors (Lipinski definition) is 2. The molecule has 8 heteroatoms. The Kier molecular flexibility index (Phi) is 9.85. The monoisotopic (exact) mass is 523 g/mol. The second-order valence-electron chi connectivity index (χ2n) is 7.12. The summed E-state index contributed by atoms with van der Waals surface area (Å²) in [6.45, 7) is 5.76. The van der Waals surface area contributed by atoms with E-state index in [1.165, 1.54) is 0 Å². The van der Waals surface area contributed by atoms with Crippen LogP contribution in [0.3, 0.4) is 0 Å². The van der Waals surface area contributed by atoms with Crippen molar-refractivity contribution in [2.45, 2.75) is 32.9 Å². The molecule has 30 heavy (non-hydrogen) atoms. The number of rotatable bonds is 7. The largest absolute Gasteiger partial charge is 0.357 e. The van der Waals surface area contributed by atoms with Crippen LogP contribution < -0.4 is 16.2 Å². The molecular weight excluding hydrogens is 493 g/mol. The molecule has 1 aliphatic heterocycles. The van der Waals surface area contributed by atoms with E-state index in [1.54, 1.807) is 22.9 Å². The lowest BCUT2D eigenvalue weighted by Gasteiger charge is -2.17. The van der Waals surface area contributed by atoms with Gasteiger partial charge in [0.25, 0.3) is 5.56 Å². The van der Waals surface area contributed by atoms with Crippen LogP contribution >= 0.6 is 24.0 Å². The Bertz CT molecular complexity index is 889. The van der Waals surface area contributed by atoms with Gasteiger partial charge in [0, 0.05) is 31.9 Å². The highest BCUT2D eigenvalue weighted by Crippen LogP contribution is 2.08. The molecule has 2 N–H and O–H groups in total. The fourth-order valence-corrected chi connectivity index (χ4v) is 3.29. The van der Waals surface area contributed by atoms with Gasteiger partial charge in [0.2, 0.25) is 5.91 Å². The van der Waals surface area contributed by atoms with E-state index in [-0.39, 0.29) is 42.0 Å². The van der Waals surface area contributed by atoms with Crippen molar-refractivity contribution in [3.8, 4) is 0 Å². The first kappa shape index (κ1) is 23.9. The summed E-state index contributed by atoms with van der Waals surface area (Å²) in [6.07, 6.45) is 3.97. The topological polar surface area (TPSA) is 78.7 Å². The zero-order valence-corrected chi connectivity index (χ0v) is 19.7. The highest BCUT2D eigenvalue weighted by Gasteiger charge is 2.17. The van der Waals surface area contributed by atoms with Crippen LogP contribution in [-0.2, 0) is 17.9 Å². The van der Waals surface area contributed by atoms with Crippen LogP contribution in [-0.4, -0.2) is 47.5 Å². The molecule has 0 radical (unpaired) electrons. The Morgan fingerprint density at radius 3 is 2.40 bits per heavy atom. The second-order valence-corrected chi connectivity index (χ2v) is 7.12. The van der Waals surface area contributed by atoms with Crippen molar-refractivity contribution in [2.75, 3.05) is 26.2 Å². The number of carbonyl (C=O) groups is 1. The number of likely N-dealkylation sites (tertiary alicyclic amines) is 1. The summed E-state index contributed by atoms with van der Waals surface area (Å²) >= 11 is 0. The minimum absolute atomic E-state index is 0. The lowest BCUT2D eigenvalue weighted by molar-refractivity contribution is -0.128. The van der Waals surface area contributed by atoms with Gasteiger partial charge in [-0.1, -0.05) is 30.3 Å². The lowest BCUT2D eigenvalue weighted by atomic mass is 10.1. The molecule has 1 aromatic carbocycles. The van der Waals surface area contributed by atoms with Gasteiger partial charge >= 0.3 is 0 Å². The quantitative estimate of drug-likeness (QED) is 0.332. The molecule has 1 saturated heterocycles. The first-order valence-corrected chi connectivity index (χ1v) is 10.2. The molecule has 1 aromatic heterocycles. The highest BCUT2D eigenvalue weighted by atomic mass is 127. The number of nitrogens with one attached hydrogen (secondary N) is 2. The number of halogens is 1. The maximum atomic E-state index is 12.2. The molecule has 0 spiro atoms. The third-order valence-corrected chi connectivity index (χ3v) is 4.90. The lowest BCUT2D eigenvalue weighted by Crippen LogP contribution is -2.44. The number of aromatic nitrogens is 1. The van der Waals surface area contributed by atoms with E-state index in [0.717, 1.165) is 43.6 Å². The van der Waals surface area contributed by atoms with Gasteiger partial charge in [0.1, 0.15) is 0 Å². The SMILES string of the molecule is CCNC(=NCc1ccc(Cn2ccccc2=O)cc1)NCC(=O)N1CCCC1.I. The molecular formula is C22H30IN5O2. The standard InChI is InChI=1S/C22H29N5O2.HI/c1-2-23-22(25-16-21(29)26-12-5-6-13-26)24-15-18-8-10-19(11-9-18)17-27-14-4-3-7-20(27)28;/h3-4,7-11,14H,2,5-6,12-13,15-17H2,1H3,(H2,23,24,25);1H. The number of carbonyl (C=O) groups excluding carboxylic acids is 1. The summed E-state index contributed by atoms with van der Waals surface area (Å²) in [7, 11) is 0. The Balaban J connectivity index is 0.00000320. The summed E-state index contributed by atoms with van der Waals surface area (Å²) in [5.74, 6) is 0.758. The van der Waals surface area contributed by atoms with Crippen molar-refractivity contribution in [1.29, 1.82) is 0 Å². The zero-order chi connectivity index (χ0) is 20.5. The summed E-state index contributed by atoms with van der Waals surface area (Å²) in [5.41, 5.74) is 2.12. The van der Waals surface area contributed by atoms with Crippen LogP contribution in [0.15, 0.2) is 58.4 Å². The minimum Gasteiger partial charge on any atom is -0.357 e. The molecule has 0 unspecified atom stereocenters. The Hall–Kier alpha value is -2.36. The first-order valence-electron chi connectivity index (χ1n) is 10.2. The number of guanidine groups is 1. The van der Waals surface area contributed by atoms with E-state index in [2.05, 4.69) is 15.6 Å². The van der Waals surface area contributed by atoms with Crippen molar-refractivity contribution in [2.24, 2.45) is 4.99 Å². The van der Waals surface area contributed by atoms with Crippen molar-refractivity contribution in [3.05, 3.63) is 70.1 Å². The Labute approximate surface area is 194 Å². The maximum Gasteiger partial charge on any atom is 0.250 e. The van der Waals surface area contributed by atoms with E-state index < -0.39 is 0 Å². The van der Waals surface area contributed by atoms with Crippen molar-refractivity contribution in [1.82, 2.24) is 20.1 Å². The first-order chi connectivity index (χ1) is 14.2. The number of pyridine rings is 1. The maximum absolute atomic E-state index is 12.2. The van der Waals surface area contributed by atoms with Gasteiger partial charge in [-0.3, -0.25) is 9.59 Å². The predicted molar refractivity (Wildman–Crippen MR) is 130 cm³/mol. The van der Waals surface area contributed by atoms with Gasteiger partial charge in [0.05, 0.1) is 19.6 Å². The molecule has 2 heterocycles. The van der Waals surface area contributed by atoms with Crippen LogP contribution in [0.4, 0.5) is 0 Å². The van der Waals surface area contributed by atoms with E-state index in [4.69, 9.17) is 0 Å². The Morgan fingerprint density at radius 2 is 1.73 bits per heavy atom. The molecule has 1 aliphatic rings. The highest BCUT2D eigenvalue weighted by molar-refractivity contribution is 14.0. The summed E-state index contributed by atoms with van der Waals surface area (Å²) in [6, 6.07) is 13.2. The van der Waals surface area contributed by atoms with Crippen LogP contribution in [0, 0.1) is 0 Å². The van der Waals surface area contributed by atoms with Gasteiger partial charge in [-0.25, -0.2) is 4.99 Å². The average Bonchev–Trinajstić information content (AvgIpc) is 3.28. The summed E-state index contributed by atoms with van der Waals surface area (Å²) in [5, 5.41) is 6.31. The zero-order valence-electron chi connectivity index (χ0n) is 17.3. The summed E-state index contributed by atoms with van der Waals surface area (Å²) in [4.78, 5) is 30.5. The Morgan fingerprint density at radius 1 is 1.03 bits per heavy atom. The number of hydrogen-bond acceptors (Lipinski definition) is 3. The summed E-state index contributed by atoms with van der Waals surface area (Å²) < 4.78 is 1.68. The fourth-order valence-electron chi connectivity index (χ4n) is 3.29. The van der Waals surface area contributed by atoms with E-state index in [0.29, 0.717) is 19.0 Å². The van der Waals surface area contributed by atoms with Crippen LogP contribution in [0.25, 0.3) is 0 Å². The van der Waals surface area contributed by atoms with Gasteiger partial charge < -0.3 is 20.1 Å². The molecule has 3 rings (SSSR count). The van der Waals surface area contributed by atoms with Crippen molar-refractivity contribution < 1.29 is 4.79 Å². The van der Waals surface area contributed by atoms with E-state index in [1.807, 2.05) is 42.2 Å². The van der Waals surface area contributed by atoms with Crippen LogP contribution in [0.5, 0.6) is 0 Å². The van der Waals surface area contributed by atoms with Crippen LogP contribution in [0.1, 0.15) is 30.9 Å². The molecule has 0 saturated carbocycles. The predicted octanol–water partition coefficient (Wildman–Crippen LogP) is 2.19. The number of aliphatic imine (C=N–C) groups is 1. The van der Waals surface area contributed by atoms with Gasteiger partial charge in [-0.15, -0.1) is 24.0 Å². The molecule has 2 aromatic rings. The molecule has 1 fully saturated rings. The van der Waals surface area contributed by atoms with Gasteiger partial charge in [0.15, 0.2) is 5.96 Å². The molecule has 1 amide bonds. The average molecular weight is 523 g/mol. The molecule has 0 atom stereocenters. The van der Waals surface area contributed by atoms with Gasteiger partial charge in [-0.05, 0) is 37.0 Å². The van der Waals surface area contributed by atoms with Gasteiger partial charge in [-0.2, -0.15) is 0 Å². The van der Waals surface area contributed by atoms with Crippen molar-refractivity contribution in [3.63, 3.8) is 0 Å². The number of benzene rings is 1. The normalized spacial score (nSPS) is 13.6. The molecule has 0 aliphatic carbocycles. The molecule has 0 bridgehead atoms. The fraction of sp³-hybridized carbons (Fsp3) is 0.409. The van der Waals surface area contributed by atoms with Crippen molar-refractivity contribution >= 4 is 35.8 Å². The number of amides is 1. The molecule has 7 nitrogen and oxygen atoms in total.